The number of benzene rings is 2. The number of carbonyl (C=O) groups excluding carboxylic acids is 1. The minimum atomic E-state index is -0.271. The van der Waals surface area contributed by atoms with Crippen LogP contribution in [0.3, 0.4) is 0 Å². The van der Waals surface area contributed by atoms with E-state index in [0.717, 1.165) is 34.6 Å². The normalized spacial score (nSPS) is 10.5. The Hall–Kier alpha value is -4.26. The zero-order valence-electron chi connectivity index (χ0n) is 18.6. The second-order valence-corrected chi connectivity index (χ2v) is 7.49. The van der Waals surface area contributed by atoms with Gasteiger partial charge < -0.3 is 15.4 Å². The van der Waals surface area contributed by atoms with Gasteiger partial charge in [0, 0.05) is 31.0 Å². The fraction of sp³-hybridized carbons (Fsp3) is 0.154. The van der Waals surface area contributed by atoms with Crippen LogP contribution in [0.1, 0.15) is 23.9 Å². The Morgan fingerprint density at radius 2 is 1.82 bits per heavy atom. The molecule has 0 aliphatic heterocycles. The molecule has 0 bridgehead atoms. The van der Waals surface area contributed by atoms with Crippen molar-refractivity contribution in [3.8, 4) is 22.9 Å². The summed E-state index contributed by atoms with van der Waals surface area (Å²) in [4.78, 5) is 25.4. The highest BCUT2D eigenvalue weighted by Crippen LogP contribution is 2.30. The lowest BCUT2D eigenvalue weighted by molar-refractivity contribution is 0.251. The Labute approximate surface area is 192 Å². The number of urea groups is 1. The molecule has 0 aliphatic rings. The van der Waals surface area contributed by atoms with Gasteiger partial charge in [0.1, 0.15) is 11.6 Å². The minimum absolute atomic E-state index is 0.271. The fourth-order valence-corrected chi connectivity index (χ4v) is 3.28. The van der Waals surface area contributed by atoms with E-state index in [1.807, 2.05) is 56.3 Å². The number of aryl methyl sites for hydroxylation is 2. The number of hydrogen-bond donors (Lipinski definition) is 2. The fourth-order valence-electron chi connectivity index (χ4n) is 3.28. The number of nitrogens with one attached hydrogen (secondary N) is 2. The van der Waals surface area contributed by atoms with Crippen LogP contribution in [0.2, 0.25) is 0 Å². The zero-order chi connectivity index (χ0) is 23.0. The number of nitrogens with zero attached hydrogens (tertiary/aromatic N) is 3. The number of amides is 2. The summed E-state index contributed by atoms with van der Waals surface area (Å²) in [5.41, 5.74) is 4.41. The standard InChI is InChI=1S/C26H25N5O2/c1-3-24-27-15-13-23(31-24)22-8-5-14-28-25(22)33-21-11-9-20(10-12-21)30-26(32)29-17-19-7-4-6-18(2)16-19/h4-16H,3,17H2,1-2H3,(H2,29,30,32). The first-order valence-electron chi connectivity index (χ1n) is 10.8. The van der Waals surface area contributed by atoms with Crippen LogP contribution in [0.4, 0.5) is 10.5 Å². The second-order valence-electron chi connectivity index (χ2n) is 7.49. The summed E-state index contributed by atoms with van der Waals surface area (Å²) in [5.74, 6) is 1.82. The van der Waals surface area contributed by atoms with E-state index in [9.17, 15) is 4.79 Å². The van der Waals surface area contributed by atoms with Gasteiger partial charge in [-0.1, -0.05) is 36.8 Å². The average Bonchev–Trinajstić information content (AvgIpc) is 2.84. The summed E-state index contributed by atoms with van der Waals surface area (Å²) in [6.07, 6.45) is 4.16. The Morgan fingerprint density at radius 3 is 2.61 bits per heavy atom. The number of ether oxygens (including phenoxy) is 1. The Balaban J connectivity index is 1.39. The number of anilines is 1. The maximum atomic E-state index is 12.2. The number of carbonyl (C=O) groups is 1. The number of rotatable bonds is 7. The minimum Gasteiger partial charge on any atom is -0.438 e. The zero-order valence-corrected chi connectivity index (χ0v) is 18.6. The van der Waals surface area contributed by atoms with Crippen LogP contribution in [0.25, 0.3) is 11.3 Å². The van der Waals surface area contributed by atoms with Crippen molar-refractivity contribution in [2.45, 2.75) is 26.8 Å². The molecule has 2 aromatic carbocycles. The Morgan fingerprint density at radius 1 is 0.970 bits per heavy atom. The van der Waals surface area contributed by atoms with Crippen LogP contribution in [0, 0.1) is 6.92 Å². The third kappa shape index (κ3) is 5.92. The van der Waals surface area contributed by atoms with Crippen molar-refractivity contribution < 1.29 is 9.53 Å². The van der Waals surface area contributed by atoms with Crippen molar-refractivity contribution in [2.75, 3.05) is 5.32 Å². The van der Waals surface area contributed by atoms with Crippen LogP contribution in [0.5, 0.6) is 11.6 Å². The molecule has 0 fully saturated rings. The summed E-state index contributed by atoms with van der Waals surface area (Å²) in [5, 5.41) is 5.69. The molecule has 0 aliphatic carbocycles. The van der Waals surface area contributed by atoms with Crippen molar-refractivity contribution in [2.24, 2.45) is 0 Å². The van der Waals surface area contributed by atoms with E-state index in [1.165, 1.54) is 0 Å². The Kier molecular flexibility index (Phi) is 6.90. The summed E-state index contributed by atoms with van der Waals surface area (Å²) < 4.78 is 6.01. The van der Waals surface area contributed by atoms with Gasteiger partial charge in [-0.2, -0.15) is 0 Å². The molecule has 0 saturated heterocycles. The first kappa shape index (κ1) is 22.0. The summed E-state index contributed by atoms with van der Waals surface area (Å²) >= 11 is 0. The van der Waals surface area contributed by atoms with Crippen molar-refractivity contribution in [3.63, 3.8) is 0 Å². The predicted octanol–water partition coefficient (Wildman–Crippen LogP) is 5.52. The molecule has 0 radical (unpaired) electrons. The van der Waals surface area contributed by atoms with Crippen LogP contribution < -0.4 is 15.4 Å². The molecule has 2 N–H and O–H groups in total. The first-order valence-corrected chi connectivity index (χ1v) is 10.8. The highest BCUT2D eigenvalue weighted by Gasteiger charge is 2.11. The SMILES string of the molecule is CCc1nccc(-c2cccnc2Oc2ccc(NC(=O)NCc3cccc(C)c3)cc2)n1. The molecule has 7 nitrogen and oxygen atoms in total. The largest absolute Gasteiger partial charge is 0.438 e. The number of hydrogen-bond acceptors (Lipinski definition) is 5. The molecule has 166 valence electrons. The lowest BCUT2D eigenvalue weighted by Gasteiger charge is -2.11. The van der Waals surface area contributed by atoms with Crippen molar-refractivity contribution in [3.05, 3.63) is 96.1 Å². The van der Waals surface area contributed by atoms with E-state index in [-0.39, 0.29) is 6.03 Å². The predicted molar refractivity (Wildman–Crippen MR) is 128 cm³/mol. The molecule has 2 aromatic heterocycles. The van der Waals surface area contributed by atoms with E-state index >= 15 is 0 Å². The van der Waals surface area contributed by atoms with Gasteiger partial charge in [0.15, 0.2) is 0 Å². The lowest BCUT2D eigenvalue weighted by Crippen LogP contribution is -2.28. The van der Waals surface area contributed by atoms with Gasteiger partial charge in [-0.05, 0) is 55.0 Å². The molecular formula is C26H25N5O2. The highest BCUT2D eigenvalue weighted by atomic mass is 16.5. The van der Waals surface area contributed by atoms with Gasteiger partial charge in [-0.15, -0.1) is 0 Å². The third-order valence-corrected chi connectivity index (χ3v) is 4.93. The van der Waals surface area contributed by atoms with E-state index in [0.29, 0.717) is 23.9 Å². The molecule has 2 heterocycles. The monoisotopic (exact) mass is 439 g/mol. The van der Waals surface area contributed by atoms with Crippen LogP contribution in [-0.2, 0) is 13.0 Å². The molecule has 0 unspecified atom stereocenters. The summed E-state index contributed by atoms with van der Waals surface area (Å²) in [6.45, 7) is 4.50. The van der Waals surface area contributed by atoms with E-state index < -0.39 is 0 Å². The molecule has 33 heavy (non-hydrogen) atoms. The second kappa shape index (κ2) is 10.4. The topological polar surface area (TPSA) is 89.0 Å². The van der Waals surface area contributed by atoms with Crippen molar-refractivity contribution >= 4 is 11.7 Å². The number of pyridine rings is 1. The summed E-state index contributed by atoms with van der Waals surface area (Å²) in [6, 6.07) is 20.5. The van der Waals surface area contributed by atoms with Gasteiger partial charge in [0.25, 0.3) is 0 Å². The van der Waals surface area contributed by atoms with Crippen LogP contribution in [-0.4, -0.2) is 21.0 Å². The first-order chi connectivity index (χ1) is 16.1. The van der Waals surface area contributed by atoms with Gasteiger partial charge in [0.05, 0.1) is 11.3 Å². The molecule has 0 saturated carbocycles. The summed E-state index contributed by atoms with van der Waals surface area (Å²) in [7, 11) is 0. The lowest BCUT2D eigenvalue weighted by atomic mass is 10.1. The Bertz CT molecular complexity index is 1240. The van der Waals surface area contributed by atoms with Crippen molar-refractivity contribution in [1.29, 1.82) is 0 Å². The molecule has 2 amide bonds. The smallest absolute Gasteiger partial charge is 0.319 e. The quantitative estimate of drug-likeness (QED) is 0.396. The van der Waals surface area contributed by atoms with Gasteiger partial charge in [0.2, 0.25) is 5.88 Å². The molecule has 4 aromatic rings. The van der Waals surface area contributed by atoms with E-state index in [2.05, 4.69) is 25.6 Å². The van der Waals surface area contributed by atoms with Crippen molar-refractivity contribution in [1.82, 2.24) is 20.3 Å². The maximum Gasteiger partial charge on any atom is 0.319 e. The highest BCUT2D eigenvalue weighted by molar-refractivity contribution is 5.89. The van der Waals surface area contributed by atoms with E-state index in [1.54, 1.807) is 36.7 Å². The van der Waals surface area contributed by atoms with Gasteiger partial charge >= 0.3 is 6.03 Å². The average molecular weight is 440 g/mol. The van der Waals surface area contributed by atoms with Crippen LogP contribution >= 0.6 is 0 Å². The van der Waals surface area contributed by atoms with Gasteiger partial charge in [-0.3, -0.25) is 0 Å². The maximum absolute atomic E-state index is 12.2. The molecule has 4 rings (SSSR count). The molecular weight excluding hydrogens is 414 g/mol. The third-order valence-electron chi connectivity index (χ3n) is 4.93. The van der Waals surface area contributed by atoms with Gasteiger partial charge in [-0.25, -0.2) is 19.7 Å². The van der Waals surface area contributed by atoms with E-state index in [4.69, 9.17) is 4.74 Å². The molecule has 7 heteroatoms. The van der Waals surface area contributed by atoms with Crippen LogP contribution in [0.15, 0.2) is 79.1 Å². The molecule has 0 spiro atoms. The molecule has 0 atom stereocenters. The number of aromatic nitrogens is 3.